The van der Waals surface area contributed by atoms with Crippen LogP contribution in [0, 0.1) is 5.41 Å². The average molecular weight is 497 g/mol. The molecule has 0 aliphatic heterocycles. The first-order chi connectivity index (χ1) is 16.2. The third-order valence-corrected chi connectivity index (χ3v) is 5.61. The van der Waals surface area contributed by atoms with Gasteiger partial charge in [-0.3, -0.25) is 4.57 Å². The minimum Gasteiger partial charge on any atom is -0.340 e. The molecule has 10 heteroatoms. The Morgan fingerprint density at radius 3 is 2.26 bits per heavy atom. The van der Waals surface area contributed by atoms with E-state index in [1.54, 1.807) is 0 Å². The number of benzene rings is 1. The van der Waals surface area contributed by atoms with Crippen LogP contribution < -0.4 is 5.48 Å². The molecular weight excluding hydrogens is 464 g/mol. The van der Waals surface area contributed by atoms with Gasteiger partial charge in [0.25, 0.3) is 10.1 Å². The average Bonchev–Trinajstić information content (AvgIpc) is 3.33. The summed E-state index contributed by atoms with van der Waals surface area (Å²) in [5.74, 6) is 1.13. The van der Waals surface area contributed by atoms with Crippen LogP contribution in [0.4, 0.5) is 5.95 Å². The van der Waals surface area contributed by atoms with Crippen molar-refractivity contribution in [3.8, 4) is 22.6 Å². The van der Waals surface area contributed by atoms with Gasteiger partial charge in [-0.25, -0.2) is 20.4 Å². The fourth-order valence-electron chi connectivity index (χ4n) is 3.67. The smallest absolute Gasteiger partial charge is 0.285 e. The molecule has 0 amide bonds. The molecule has 4 aromatic rings. The van der Waals surface area contributed by atoms with E-state index in [1.165, 1.54) is 0 Å². The number of hydrogen-bond donors (Lipinski definition) is 2. The molecule has 35 heavy (non-hydrogen) atoms. The molecule has 186 valence electrons. The molecule has 0 atom stereocenters. The minimum absolute atomic E-state index is 0.130. The van der Waals surface area contributed by atoms with Gasteiger partial charge in [-0.05, 0) is 17.5 Å². The van der Waals surface area contributed by atoms with Crippen LogP contribution in [-0.2, 0) is 26.4 Å². The molecule has 0 unspecified atom stereocenters. The van der Waals surface area contributed by atoms with Crippen molar-refractivity contribution in [2.45, 2.75) is 53.5 Å². The second-order valence-corrected chi connectivity index (χ2v) is 12.5. The van der Waals surface area contributed by atoms with Crippen LogP contribution in [0.3, 0.4) is 0 Å². The molecule has 0 aliphatic carbocycles. The molecule has 3 aromatic heterocycles. The van der Waals surface area contributed by atoms with Crippen molar-refractivity contribution in [2.24, 2.45) is 5.41 Å². The minimum atomic E-state index is -3.72. The Labute approximate surface area is 206 Å². The predicted octanol–water partition coefficient (Wildman–Crippen LogP) is 5.14. The number of nitrogens with one attached hydrogen (secondary N) is 2. The molecule has 0 radical (unpaired) electrons. The Morgan fingerprint density at radius 1 is 0.971 bits per heavy atom. The molecule has 0 spiro atoms. The molecule has 0 bridgehead atoms. The number of fused-ring (bicyclic) bond motifs is 1. The molecule has 3 heterocycles. The molecule has 2 N–H and O–H groups in total. The van der Waals surface area contributed by atoms with Crippen LogP contribution in [0.5, 0.6) is 0 Å². The molecule has 0 saturated carbocycles. The van der Waals surface area contributed by atoms with Gasteiger partial charge in [0.1, 0.15) is 11.3 Å². The van der Waals surface area contributed by atoms with Gasteiger partial charge in [0.05, 0.1) is 23.3 Å². The van der Waals surface area contributed by atoms with Crippen LogP contribution in [0.2, 0.25) is 0 Å². The zero-order chi connectivity index (χ0) is 25.6. The lowest BCUT2D eigenvalue weighted by atomic mass is 9.96. The maximum absolute atomic E-state index is 11.6. The summed E-state index contributed by atoms with van der Waals surface area (Å²) in [4.78, 5) is 17.9. The van der Waals surface area contributed by atoms with Crippen molar-refractivity contribution in [1.82, 2.24) is 24.5 Å². The highest BCUT2D eigenvalue weighted by atomic mass is 32.2. The number of anilines is 1. The number of nitrogens with zero attached hydrogens (tertiary/aromatic N) is 4. The normalized spacial score (nSPS) is 12.9. The summed E-state index contributed by atoms with van der Waals surface area (Å²) in [5.41, 5.74) is 6.75. The predicted molar refractivity (Wildman–Crippen MR) is 138 cm³/mol. The van der Waals surface area contributed by atoms with E-state index >= 15 is 0 Å². The van der Waals surface area contributed by atoms with Gasteiger partial charge in [-0.1, -0.05) is 71.9 Å². The van der Waals surface area contributed by atoms with E-state index in [-0.39, 0.29) is 16.8 Å². The Hall–Kier alpha value is -3.24. The zero-order valence-electron chi connectivity index (χ0n) is 21.2. The quantitative estimate of drug-likeness (QED) is 0.355. The Balaban J connectivity index is 1.89. The summed E-state index contributed by atoms with van der Waals surface area (Å²) < 4.78 is 29.8. The molecular formula is C25H32N6O3S. The lowest BCUT2D eigenvalue weighted by Gasteiger charge is -2.20. The van der Waals surface area contributed by atoms with E-state index < -0.39 is 10.1 Å². The zero-order valence-corrected chi connectivity index (χ0v) is 22.0. The monoisotopic (exact) mass is 496 g/mol. The van der Waals surface area contributed by atoms with Crippen molar-refractivity contribution in [3.63, 3.8) is 0 Å². The highest BCUT2D eigenvalue weighted by Crippen LogP contribution is 2.34. The Morgan fingerprint density at radius 2 is 1.66 bits per heavy atom. The fourth-order valence-corrected chi connectivity index (χ4v) is 3.90. The maximum Gasteiger partial charge on any atom is 0.285 e. The van der Waals surface area contributed by atoms with Gasteiger partial charge in [0, 0.05) is 17.5 Å². The van der Waals surface area contributed by atoms with Crippen molar-refractivity contribution in [3.05, 3.63) is 48.3 Å². The second kappa shape index (κ2) is 8.76. The summed E-state index contributed by atoms with van der Waals surface area (Å²) in [6, 6.07) is 13.8. The van der Waals surface area contributed by atoms with Crippen molar-refractivity contribution >= 4 is 27.2 Å². The Bertz CT molecular complexity index is 1460. The summed E-state index contributed by atoms with van der Waals surface area (Å²) in [5, 5.41) is 0. The largest absolute Gasteiger partial charge is 0.340 e. The first-order valence-electron chi connectivity index (χ1n) is 11.4. The van der Waals surface area contributed by atoms with Crippen LogP contribution in [0.1, 0.15) is 47.4 Å². The van der Waals surface area contributed by atoms with Gasteiger partial charge in [-0.15, -0.1) is 4.28 Å². The lowest BCUT2D eigenvalue weighted by Crippen LogP contribution is -2.19. The van der Waals surface area contributed by atoms with Crippen LogP contribution in [0.25, 0.3) is 33.8 Å². The van der Waals surface area contributed by atoms with Gasteiger partial charge >= 0.3 is 0 Å². The van der Waals surface area contributed by atoms with Crippen molar-refractivity contribution in [2.75, 3.05) is 11.7 Å². The van der Waals surface area contributed by atoms with Crippen LogP contribution in [0.15, 0.2) is 42.5 Å². The maximum atomic E-state index is 11.6. The molecule has 1 aromatic carbocycles. The molecule has 4 rings (SSSR count). The van der Waals surface area contributed by atoms with Crippen molar-refractivity contribution < 1.29 is 12.7 Å². The number of hydrogen-bond acceptors (Lipinski definition) is 7. The van der Waals surface area contributed by atoms with Gasteiger partial charge in [0.15, 0.2) is 5.65 Å². The topological polar surface area (TPSA) is 115 Å². The summed E-state index contributed by atoms with van der Waals surface area (Å²) >= 11 is 0. The number of aromatic nitrogens is 5. The summed E-state index contributed by atoms with van der Waals surface area (Å²) in [7, 11) is -3.72. The van der Waals surface area contributed by atoms with Gasteiger partial charge in [0.2, 0.25) is 5.95 Å². The van der Waals surface area contributed by atoms with Crippen LogP contribution >= 0.6 is 0 Å². The number of rotatable bonds is 6. The number of H-pyrrole nitrogens is 1. The SMILES string of the molecule is CC(C)(C)Cn1c(NOS(C)(=O)=O)nc2ccc(-c3[nH]c(C(C)(C)C)nc3-c3ccccc3)nc21. The third kappa shape index (κ3) is 5.71. The second-order valence-electron chi connectivity index (χ2n) is 10.9. The number of imidazole rings is 2. The van der Waals surface area contributed by atoms with E-state index in [1.807, 2.05) is 47.0 Å². The van der Waals surface area contributed by atoms with E-state index in [2.05, 4.69) is 57.0 Å². The standard InChI is InChI=1S/C25H32N6O3S/c1-24(2,3)15-31-21-18(27-23(31)30-34-35(7,32)33)14-13-17(26-21)20-19(16-11-9-8-10-12-16)28-22(29-20)25(4,5)6/h8-14H,15H2,1-7H3,(H,27,30)(H,28,29). The van der Waals surface area contributed by atoms with Gasteiger partial charge in [-0.2, -0.15) is 8.42 Å². The molecule has 0 aliphatic rings. The summed E-state index contributed by atoms with van der Waals surface area (Å²) in [6.07, 6.45) is 0.975. The first kappa shape index (κ1) is 24.9. The summed E-state index contributed by atoms with van der Waals surface area (Å²) in [6.45, 7) is 13.1. The fraction of sp³-hybridized carbons (Fsp3) is 0.400. The first-order valence-corrected chi connectivity index (χ1v) is 13.2. The third-order valence-electron chi connectivity index (χ3n) is 5.23. The lowest BCUT2D eigenvalue weighted by molar-refractivity contribution is 0.339. The highest BCUT2D eigenvalue weighted by Gasteiger charge is 2.25. The molecule has 0 fully saturated rings. The molecule has 9 nitrogen and oxygen atoms in total. The van der Waals surface area contributed by atoms with E-state index in [0.717, 1.165) is 29.0 Å². The van der Waals surface area contributed by atoms with E-state index in [4.69, 9.17) is 14.3 Å². The van der Waals surface area contributed by atoms with Crippen molar-refractivity contribution in [1.29, 1.82) is 0 Å². The highest BCUT2D eigenvalue weighted by molar-refractivity contribution is 7.86. The Kier molecular flexibility index (Phi) is 6.23. The molecule has 0 saturated heterocycles. The van der Waals surface area contributed by atoms with E-state index in [0.29, 0.717) is 23.4 Å². The number of aromatic amines is 1. The number of pyridine rings is 1. The van der Waals surface area contributed by atoms with Gasteiger partial charge < -0.3 is 4.98 Å². The van der Waals surface area contributed by atoms with Crippen LogP contribution in [-0.4, -0.2) is 39.2 Å². The van der Waals surface area contributed by atoms with E-state index in [9.17, 15) is 8.42 Å².